The Morgan fingerprint density at radius 1 is 1.10 bits per heavy atom. The summed E-state index contributed by atoms with van der Waals surface area (Å²) in [5, 5.41) is 4.85. The van der Waals surface area contributed by atoms with Gasteiger partial charge in [0, 0.05) is 62.9 Å². The molecule has 0 N–H and O–H groups in total. The number of aryl methyl sites for hydroxylation is 2. The lowest BCUT2D eigenvalue weighted by molar-refractivity contribution is -0.133. The molecule has 2 aromatic heterocycles. The van der Waals surface area contributed by atoms with Crippen LogP contribution in [0.25, 0.3) is 5.65 Å². The van der Waals surface area contributed by atoms with Gasteiger partial charge in [0.2, 0.25) is 11.8 Å². The highest BCUT2D eigenvalue weighted by Crippen LogP contribution is 2.28. The SMILES string of the molecule is CC(=O)N1CC[C@H](c2cc3nc(C)c(CCC(=O)N4C[C@H](C)C[C@@H](C)C4)c(C)n3n2)C1. The molecule has 4 rings (SSSR count). The Hall–Kier alpha value is -2.44. The molecule has 0 aromatic carbocycles. The molecule has 0 radical (unpaired) electrons. The molecule has 7 heteroatoms. The van der Waals surface area contributed by atoms with Gasteiger partial charge in [-0.1, -0.05) is 13.8 Å². The van der Waals surface area contributed by atoms with Crippen LogP contribution in [0.2, 0.25) is 0 Å². The number of likely N-dealkylation sites (tertiary alicyclic amines) is 2. The third kappa shape index (κ3) is 4.46. The van der Waals surface area contributed by atoms with Gasteiger partial charge in [0.1, 0.15) is 0 Å². The minimum absolute atomic E-state index is 0.126. The average molecular weight is 426 g/mol. The Bertz CT molecular complexity index is 988. The first-order valence-corrected chi connectivity index (χ1v) is 11.6. The summed E-state index contributed by atoms with van der Waals surface area (Å²) in [6.45, 7) is 13.5. The van der Waals surface area contributed by atoms with Gasteiger partial charge in [-0.05, 0) is 50.5 Å². The number of carbonyl (C=O) groups is 2. The van der Waals surface area contributed by atoms with Crippen molar-refractivity contribution in [1.82, 2.24) is 24.4 Å². The van der Waals surface area contributed by atoms with Crippen LogP contribution in [0.1, 0.15) is 68.6 Å². The first kappa shape index (κ1) is 21.8. The highest BCUT2D eigenvalue weighted by Gasteiger charge is 2.28. The highest BCUT2D eigenvalue weighted by atomic mass is 16.2. The van der Waals surface area contributed by atoms with E-state index in [-0.39, 0.29) is 17.7 Å². The van der Waals surface area contributed by atoms with Gasteiger partial charge in [0.05, 0.1) is 5.69 Å². The summed E-state index contributed by atoms with van der Waals surface area (Å²) >= 11 is 0. The monoisotopic (exact) mass is 425 g/mol. The van der Waals surface area contributed by atoms with E-state index in [1.54, 1.807) is 6.92 Å². The second kappa shape index (κ2) is 8.60. The van der Waals surface area contributed by atoms with Crippen LogP contribution in [0.15, 0.2) is 6.07 Å². The normalized spacial score (nSPS) is 24.2. The lowest BCUT2D eigenvalue weighted by Gasteiger charge is -2.35. The number of fused-ring (bicyclic) bond motifs is 1. The number of amides is 2. The predicted molar refractivity (Wildman–Crippen MR) is 120 cm³/mol. The van der Waals surface area contributed by atoms with Crippen LogP contribution in [0.3, 0.4) is 0 Å². The number of rotatable bonds is 4. The van der Waals surface area contributed by atoms with E-state index in [1.807, 2.05) is 21.2 Å². The highest BCUT2D eigenvalue weighted by molar-refractivity contribution is 5.76. The van der Waals surface area contributed by atoms with Crippen LogP contribution in [0.4, 0.5) is 0 Å². The largest absolute Gasteiger partial charge is 0.342 e. The number of hydrogen-bond donors (Lipinski definition) is 0. The van der Waals surface area contributed by atoms with Crippen molar-refractivity contribution in [2.45, 2.75) is 66.2 Å². The van der Waals surface area contributed by atoms with Crippen molar-refractivity contribution in [2.75, 3.05) is 26.2 Å². The summed E-state index contributed by atoms with van der Waals surface area (Å²) in [5.41, 5.74) is 5.00. The van der Waals surface area contributed by atoms with Gasteiger partial charge in [0.15, 0.2) is 5.65 Å². The molecule has 4 heterocycles. The molecule has 3 atom stereocenters. The summed E-state index contributed by atoms with van der Waals surface area (Å²) in [7, 11) is 0. The zero-order valence-corrected chi connectivity index (χ0v) is 19.5. The fourth-order valence-electron chi connectivity index (χ4n) is 5.45. The van der Waals surface area contributed by atoms with Crippen LogP contribution < -0.4 is 0 Å². The number of carbonyl (C=O) groups excluding carboxylic acids is 2. The van der Waals surface area contributed by atoms with Gasteiger partial charge in [-0.15, -0.1) is 0 Å². The predicted octanol–water partition coefficient (Wildman–Crippen LogP) is 3.12. The van der Waals surface area contributed by atoms with Gasteiger partial charge in [0.25, 0.3) is 0 Å². The van der Waals surface area contributed by atoms with Gasteiger partial charge in [-0.25, -0.2) is 9.50 Å². The number of nitrogens with zero attached hydrogens (tertiary/aromatic N) is 5. The molecule has 2 aromatic rings. The topological polar surface area (TPSA) is 70.8 Å². The lowest BCUT2D eigenvalue weighted by atomic mass is 9.91. The van der Waals surface area contributed by atoms with Crippen molar-refractivity contribution in [3.8, 4) is 0 Å². The summed E-state index contributed by atoms with van der Waals surface area (Å²) < 4.78 is 1.92. The second-order valence-corrected chi connectivity index (χ2v) is 9.80. The summed E-state index contributed by atoms with van der Waals surface area (Å²) in [4.78, 5) is 33.3. The first-order valence-electron chi connectivity index (χ1n) is 11.6. The minimum atomic E-state index is 0.126. The van der Waals surface area contributed by atoms with Gasteiger partial charge >= 0.3 is 0 Å². The maximum absolute atomic E-state index is 12.9. The lowest BCUT2D eigenvalue weighted by Crippen LogP contribution is -2.42. The number of piperidine rings is 1. The number of hydrogen-bond acceptors (Lipinski definition) is 4. The van der Waals surface area contributed by atoms with Gasteiger partial charge < -0.3 is 9.80 Å². The summed E-state index contributed by atoms with van der Waals surface area (Å²) in [6.07, 6.45) is 3.35. The molecule has 2 aliphatic heterocycles. The third-order valence-electron chi connectivity index (χ3n) is 7.05. The molecule has 0 saturated carbocycles. The third-order valence-corrected chi connectivity index (χ3v) is 7.05. The van der Waals surface area contributed by atoms with Crippen LogP contribution in [0, 0.1) is 25.7 Å². The molecule has 0 spiro atoms. The van der Waals surface area contributed by atoms with Crippen molar-refractivity contribution < 1.29 is 9.59 Å². The molecule has 2 fully saturated rings. The van der Waals surface area contributed by atoms with Crippen molar-refractivity contribution >= 4 is 17.5 Å². The molecule has 168 valence electrons. The Balaban J connectivity index is 1.50. The van der Waals surface area contributed by atoms with Crippen LogP contribution in [-0.2, 0) is 16.0 Å². The number of aromatic nitrogens is 3. The second-order valence-electron chi connectivity index (χ2n) is 9.80. The summed E-state index contributed by atoms with van der Waals surface area (Å²) in [5.74, 6) is 1.78. The smallest absolute Gasteiger partial charge is 0.222 e. The maximum atomic E-state index is 12.9. The Morgan fingerprint density at radius 2 is 1.81 bits per heavy atom. The quantitative estimate of drug-likeness (QED) is 0.755. The first-order chi connectivity index (χ1) is 14.7. The molecule has 0 aliphatic carbocycles. The average Bonchev–Trinajstić information content (AvgIpc) is 3.34. The molecule has 0 bridgehead atoms. The van der Waals surface area contributed by atoms with Gasteiger partial charge in [-0.3, -0.25) is 9.59 Å². The van der Waals surface area contributed by atoms with E-state index in [2.05, 4.69) is 26.8 Å². The summed E-state index contributed by atoms with van der Waals surface area (Å²) in [6, 6.07) is 2.06. The molecular weight excluding hydrogens is 390 g/mol. The Labute approximate surface area is 184 Å². The zero-order valence-electron chi connectivity index (χ0n) is 19.5. The molecule has 2 saturated heterocycles. The molecule has 2 amide bonds. The fraction of sp³-hybridized carbons (Fsp3) is 0.667. The molecular formula is C24H35N5O2. The standard InChI is InChI=1S/C24H35N5O2/c1-15-10-16(2)13-28(12-15)24(31)7-6-21-17(3)25-23-11-22(26-29(23)18(21)4)20-8-9-27(14-20)19(5)30/h11,15-16,20H,6-10,12-14H2,1-5H3/t15-,16-,20+/m1/s1. The maximum Gasteiger partial charge on any atom is 0.222 e. The van der Waals surface area contributed by atoms with Crippen molar-refractivity contribution in [2.24, 2.45) is 11.8 Å². The van der Waals surface area contributed by atoms with E-state index in [1.165, 1.54) is 6.42 Å². The van der Waals surface area contributed by atoms with Crippen molar-refractivity contribution in [3.63, 3.8) is 0 Å². The zero-order chi connectivity index (χ0) is 22.3. The van der Waals surface area contributed by atoms with Crippen molar-refractivity contribution in [1.29, 1.82) is 0 Å². The van der Waals surface area contributed by atoms with E-state index in [0.29, 0.717) is 24.7 Å². The molecule has 7 nitrogen and oxygen atoms in total. The Morgan fingerprint density at radius 3 is 2.45 bits per heavy atom. The minimum Gasteiger partial charge on any atom is -0.342 e. The van der Waals surface area contributed by atoms with Crippen LogP contribution >= 0.6 is 0 Å². The molecule has 0 unspecified atom stereocenters. The van der Waals surface area contributed by atoms with E-state index in [0.717, 1.165) is 60.9 Å². The van der Waals surface area contributed by atoms with Crippen LogP contribution in [-0.4, -0.2) is 62.4 Å². The van der Waals surface area contributed by atoms with Crippen LogP contribution in [0.5, 0.6) is 0 Å². The van der Waals surface area contributed by atoms with E-state index < -0.39 is 0 Å². The van der Waals surface area contributed by atoms with E-state index in [4.69, 9.17) is 10.1 Å². The molecule has 2 aliphatic rings. The fourth-order valence-corrected chi connectivity index (χ4v) is 5.45. The molecule has 31 heavy (non-hydrogen) atoms. The van der Waals surface area contributed by atoms with E-state index >= 15 is 0 Å². The van der Waals surface area contributed by atoms with E-state index in [9.17, 15) is 9.59 Å². The Kier molecular flexibility index (Phi) is 6.04. The van der Waals surface area contributed by atoms with Crippen molar-refractivity contribution in [3.05, 3.63) is 28.7 Å². The van der Waals surface area contributed by atoms with Gasteiger partial charge in [-0.2, -0.15) is 5.10 Å².